The van der Waals surface area contributed by atoms with E-state index >= 15 is 0 Å². The molecule has 0 saturated heterocycles. The van der Waals surface area contributed by atoms with Crippen LogP contribution in [0.5, 0.6) is 0 Å². The molecule has 1 atom stereocenters. The van der Waals surface area contributed by atoms with Crippen LogP contribution in [0.3, 0.4) is 0 Å². The number of anilines is 2. The van der Waals surface area contributed by atoms with E-state index < -0.39 is 6.04 Å². The summed E-state index contributed by atoms with van der Waals surface area (Å²) in [6, 6.07) is 10.2. The summed E-state index contributed by atoms with van der Waals surface area (Å²) in [5.41, 5.74) is 4.94. The second-order valence-electron chi connectivity index (χ2n) is 8.59. The van der Waals surface area contributed by atoms with Crippen molar-refractivity contribution in [2.45, 2.75) is 52.1 Å². The van der Waals surface area contributed by atoms with Gasteiger partial charge in [0, 0.05) is 44.0 Å². The lowest BCUT2D eigenvalue weighted by Crippen LogP contribution is -2.37. The SMILES string of the molecule is CCCc1cc(C)ccc1N(C)C(=O)Nc1ccc2c(c1)CN(C(C=O)CCC(=O)NC)C2=O. The zero-order valence-corrected chi connectivity index (χ0v) is 20.2. The van der Waals surface area contributed by atoms with Crippen LogP contribution in [0, 0.1) is 6.92 Å². The molecule has 2 aromatic carbocycles. The Bertz CT molecular complexity index is 1100. The lowest BCUT2D eigenvalue weighted by molar-refractivity contribution is -0.121. The van der Waals surface area contributed by atoms with E-state index in [4.69, 9.17) is 0 Å². The maximum atomic E-state index is 13.0. The van der Waals surface area contributed by atoms with Gasteiger partial charge in [0.05, 0.1) is 6.04 Å². The van der Waals surface area contributed by atoms with E-state index in [2.05, 4.69) is 23.6 Å². The monoisotopic (exact) mass is 464 g/mol. The first-order valence-corrected chi connectivity index (χ1v) is 11.5. The largest absolute Gasteiger partial charge is 0.359 e. The van der Waals surface area contributed by atoms with Gasteiger partial charge in [-0.05, 0) is 55.2 Å². The van der Waals surface area contributed by atoms with Crippen LogP contribution in [0.1, 0.15) is 53.2 Å². The van der Waals surface area contributed by atoms with E-state index in [1.807, 2.05) is 19.1 Å². The molecule has 1 heterocycles. The fraction of sp³-hybridized carbons (Fsp3) is 0.385. The first kappa shape index (κ1) is 25.0. The highest BCUT2D eigenvalue weighted by molar-refractivity contribution is 6.03. The van der Waals surface area contributed by atoms with E-state index in [0.717, 1.165) is 35.2 Å². The van der Waals surface area contributed by atoms with Gasteiger partial charge in [-0.2, -0.15) is 0 Å². The Hall–Kier alpha value is -3.68. The van der Waals surface area contributed by atoms with Crippen LogP contribution in [-0.4, -0.2) is 49.2 Å². The normalized spacial score (nSPS) is 13.3. The summed E-state index contributed by atoms with van der Waals surface area (Å²) >= 11 is 0. The highest BCUT2D eigenvalue weighted by Crippen LogP contribution is 2.29. The van der Waals surface area contributed by atoms with Crippen molar-refractivity contribution in [3.05, 3.63) is 58.7 Å². The molecule has 0 fully saturated rings. The van der Waals surface area contributed by atoms with Gasteiger partial charge in [0.15, 0.2) is 0 Å². The number of amides is 4. The number of hydrogen-bond acceptors (Lipinski definition) is 4. The van der Waals surface area contributed by atoms with Crippen LogP contribution in [0.2, 0.25) is 0 Å². The molecule has 0 aliphatic carbocycles. The van der Waals surface area contributed by atoms with Crippen LogP contribution in [0.15, 0.2) is 36.4 Å². The van der Waals surface area contributed by atoms with Gasteiger partial charge in [-0.3, -0.25) is 14.5 Å². The molecule has 0 saturated carbocycles. The number of aldehydes is 1. The maximum absolute atomic E-state index is 13.0. The van der Waals surface area contributed by atoms with Crippen LogP contribution in [-0.2, 0) is 22.6 Å². The molecule has 0 aromatic heterocycles. The smallest absolute Gasteiger partial charge is 0.326 e. The van der Waals surface area contributed by atoms with Crippen molar-refractivity contribution in [3.8, 4) is 0 Å². The third-order valence-electron chi connectivity index (χ3n) is 6.11. The van der Waals surface area contributed by atoms with Gasteiger partial charge >= 0.3 is 6.03 Å². The van der Waals surface area contributed by atoms with Crippen molar-refractivity contribution in [1.82, 2.24) is 10.2 Å². The number of carbonyl (C=O) groups excluding carboxylic acids is 4. The zero-order chi connectivity index (χ0) is 24.8. The van der Waals surface area contributed by atoms with Gasteiger partial charge in [-0.1, -0.05) is 31.0 Å². The molecule has 2 N–H and O–H groups in total. The molecule has 0 radical (unpaired) electrons. The Labute approximate surface area is 200 Å². The van der Waals surface area contributed by atoms with Crippen molar-refractivity contribution >= 4 is 35.5 Å². The van der Waals surface area contributed by atoms with Gasteiger partial charge in [0.1, 0.15) is 6.29 Å². The minimum absolute atomic E-state index is 0.159. The molecule has 180 valence electrons. The molecule has 34 heavy (non-hydrogen) atoms. The number of rotatable bonds is 9. The number of urea groups is 1. The average molecular weight is 465 g/mol. The second kappa shape index (κ2) is 11.0. The summed E-state index contributed by atoms with van der Waals surface area (Å²) in [7, 11) is 3.27. The quantitative estimate of drug-likeness (QED) is 0.553. The van der Waals surface area contributed by atoms with Crippen molar-refractivity contribution in [3.63, 3.8) is 0 Å². The van der Waals surface area contributed by atoms with Gasteiger partial charge in [-0.15, -0.1) is 0 Å². The molecule has 0 spiro atoms. The molecular weight excluding hydrogens is 432 g/mol. The van der Waals surface area contributed by atoms with Crippen LogP contribution in [0.25, 0.3) is 0 Å². The molecule has 4 amide bonds. The molecule has 1 unspecified atom stereocenters. The van der Waals surface area contributed by atoms with Gasteiger partial charge in [-0.25, -0.2) is 4.79 Å². The maximum Gasteiger partial charge on any atom is 0.326 e. The molecule has 1 aliphatic heterocycles. The number of nitrogens with zero attached hydrogens (tertiary/aromatic N) is 2. The predicted molar refractivity (Wildman–Crippen MR) is 132 cm³/mol. The average Bonchev–Trinajstić information content (AvgIpc) is 3.14. The summed E-state index contributed by atoms with van der Waals surface area (Å²) in [4.78, 5) is 52.0. The zero-order valence-electron chi connectivity index (χ0n) is 20.2. The molecular formula is C26H32N4O4. The Morgan fingerprint density at radius 2 is 1.97 bits per heavy atom. The highest BCUT2D eigenvalue weighted by Gasteiger charge is 2.33. The van der Waals surface area contributed by atoms with Crippen molar-refractivity contribution < 1.29 is 19.2 Å². The van der Waals surface area contributed by atoms with E-state index in [9.17, 15) is 19.2 Å². The van der Waals surface area contributed by atoms with Gasteiger partial charge in [0.25, 0.3) is 5.91 Å². The summed E-state index contributed by atoms with van der Waals surface area (Å²) in [5.74, 6) is -0.427. The molecule has 8 nitrogen and oxygen atoms in total. The number of aryl methyl sites for hydroxylation is 2. The van der Waals surface area contributed by atoms with Crippen molar-refractivity contribution in [2.75, 3.05) is 24.3 Å². The third kappa shape index (κ3) is 5.44. The Morgan fingerprint density at radius 1 is 1.21 bits per heavy atom. The Morgan fingerprint density at radius 3 is 2.65 bits per heavy atom. The molecule has 8 heteroatoms. The third-order valence-corrected chi connectivity index (χ3v) is 6.11. The van der Waals surface area contributed by atoms with Crippen LogP contribution >= 0.6 is 0 Å². The minimum Gasteiger partial charge on any atom is -0.359 e. The summed E-state index contributed by atoms with van der Waals surface area (Å²) in [6.07, 6.45) is 2.98. The van der Waals surface area contributed by atoms with Gasteiger partial charge in [0.2, 0.25) is 5.91 Å². The number of fused-ring (bicyclic) bond motifs is 1. The van der Waals surface area contributed by atoms with E-state index in [1.165, 1.54) is 11.9 Å². The first-order chi connectivity index (χ1) is 16.3. The fourth-order valence-corrected chi connectivity index (χ4v) is 4.22. The number of benzene rings is 2. The van der Waals surface area contributed by atoms with Crippen molar-refractivity contribution in [2.24, 2.45) is 0 Å². The summed E-state index contributed by atoms with van der Waals surface area (Å²) in [5, 5.41) is 5.43. The highest BCUT2D eigenvalue weighted by atomic mass is 16.2. The minimum atomic E-state index is -0.681. The Balaban J connectivity index is 1.72. The van der Waals surface area contributed by atoms with Crippen LogP contribution < -0.4 is 15.5 Å². The molecule has 0 bridgehead atoms. The first-order valence-electron chi connectivity index (χ1n) is 11.5. The van der Waals surface area contributed by atoms with Crippen LogP contribution in [0.4, 0.5) is 16.2 Å². The van der Waals surface area contributed by atoms with E-state index in [1.54, 1.807) is 30.1 Å². The molecule has 3 rings (SSSR count). The summed E-state index contributed by atoms with van der Waals surface area (Å²) < 4.78 is 0. The number of nitrogens with one attached hydrogen (secondary N) is 2. The summed E-state index contributed by atoms with van der Waals surface area (Å²) in [6.45, 7) is 4.39. The standard InChI is InChI=1S/C26H32N4O4/c1-5-6-18-13-17(2)7-11-23(18)29(4)26(34)28-20-8-10-22-19(14-20)15-30(25(22)33)21(16-31)9-12-24(32)27-3/h7-8,10-11,13-14,16,21H,5-6,9,12,15H2,1-4H3,(H,27,32)(H,28,34). The number of hydrogen-bond donors (Lipinski definition) is 2. The molecule has 2 aromatic rings. The van der Waals surface area contributed by atoms with Crippen molar-refractivity contribution in [1.29, 1.82) is 0 Å². The second-order valence-corrected chi connectivity index (χ2v) is 8.59. The lowest BCUT2D eigenvalue weighted by atomic mass is 10.0. The predicted octanol–water partition coefficient (Wildman–Crippen LogP) is 3.67. The fourth-order valence-electron chi connectivity index (χ4n) is 4.22. The van der Waals surface area contributed by atoms with E-state index in [0.29, 0.717) is 17.5 Å². The lowest BCUT2D eigenvalue weighted by Gasteiger charge is -2.22. The molecule has 1 aliphatic rings. The number of carbonyl (C=O) groups is 4. The van der Waals surface area contributed by atoms with E-state index in [-0.39, 0.29) is 37.2 Å². The Kier molecular flexibility index (Phi) is 8.04. The van der Waals surface area contributed by atoms with Gasteiger partial charge < -0.3 is 20.3 Å². The topological polar surface area (TPSA) is 98.8 Å².